The molecule has 0 amide bonds. The number of rotatable bonds is 12. The van der Waals surface area contributed by atoms with Gasteiger partial charge in [-0.25, -0.2) is 0 Å². The predicted molar refractivity (Wildman–Crippen MR) is 182 cm³/mol. The molecule has 8 atom stereocenters. The van der Waals surface area contributed by atoms with E-state index in [4.69, 9.17) is 4.74 Å². The minimum atomic E-state index is -0.266. The van der Waals surface area contributed by atoms with Gasteiger partial charge in [-0.1, -0.05) is 114 Å². The van der Waals surface area contributed by atoms with Crippen LogP contribution < -0.4 is 0 Å². The zero-order chi connectivity index (χ0) is 32.1. The second kappa shape index (κ2) is 14.5. The summed E-state index contributed by atoms with van der Waals surface area (Å²) < 4.78 is 6.29. The first-order valence-corrected chi connectivity index (χ1v) is 17.0. The van der Waals surface area contributed by atoms with Crippen LogP contribution in [0.2, 0.25) is 0 Å². The van der Waals surface area contributed by atoms with Crippen LogP contribution in [0.1, 0.15) is 121 Å². The van der Waals surface area contributed by atoms with Crippen molar-refractivity contribution >= 4 is 0 Å². The van der Waals surface area contributed by atoms with Crippen LogP contribution in [-0.4, -0.2) is 33.6 Å². The van der Waals surface area contributed by atoms with E-state index in [1.165, 1.54) is 17.6 Å². The molecular weight excluding hydrogens is 528 g/mol. The van der Waals surface area contributed by atoms with E-state index < -0.39 is 0 Å². The highest BCUT2D eigenvalue weighted by Gasteiger charge is 2.74. The molecule has 1 heterocycles. The summed E-state index contributed by atoms with van der Waals surface area (Å²) in [5.74, 6) is 8.67. The second-order valence-electron chi connectivity index (χ2n) is 15.8. The predicted octanol–water partition coefficient (Wildman–Crippen LogP) is 9.53. The molecule has 2 aliphatic carbocycles. The summed E-state index contributed by atoms with van der Waals surface area (Å²) >= 11 is 0. The Bertz CT molecular complexity index is 1150. The Labute approximate surface area is 264 Å². The molecule has 4 unspecified atom stereocenters. The second-order valence-corrected chi connectivity index (χ2v) is 15.8. The zero-order valence-electron chi connectivity index (χ0n) is 29.0. The molecule has 1 saturated heterocycles. The van der Waals surface area contributed by atoms with Gasteiger partial charge in [0.1, 0.15) is 11.2 Å². The van der Waals surface area contributed by atoms with Gasteiger partial charge in [-0.15, -0.1) is 0 Å². The molecule has 3 aliphatic rings. The third kappa shape index (κ3) is 9.32. The van der Waals surface area contributed by atoms with Crippen LogP contribution in [0.3, 0.4) is 0 Å². The first-order valence-electron chi connectivity index (χ1n) is 17.0. The third-order valence-corrected chi connectivity index (χ3v) is 10.2. The monoisotopic (exact) mass is 590 g/mol. The molecule has 0 aromatic heterocycles. The molecule has 2 N–H and O–H groups in total. The topological polar surface area (TPSA) is 53.0 Å². The van der Waals surface area contributed by atoms with Gasteiger partial charge in [0.15, 0.2) is 0 Å². The summed E-state index contributed by atoms with van der Waals surface area (Å²) in [5.41, 5.74) is 1.90. The number of hydrogen-bond acceptors (Lipinski definition) is 3. The minimum absolute atomic E-state index is 0.0453. The Morgan fingerprint density at radius 1 is 0.860 bits per heavy atom. The lowest BCUT2D eigenvalue weighted by molar-refractivity contribution is 0.0513. The summed E-state index contributed by atoms with van der Waals surface area (Å²) in [4.78, 5) is 0. The molecule has 0 radical (unpaired) electrons. The van der Waals surface area contributed by atoms with Crippen LogP contribution in [0.5, 0.6) is 0 Å². The normalized spacial score (nSPS) is 33.0. The average molecular weight is 591 g/mol. The number of aliphatic hydroxyl groups excluding tert-OH is 2. The maximum absolute atomic E-state index is 10.3. The van der Waals surface area contributed by atoms with E-state index >= 15 is 0 Å². The summed E-state index contributed by atoms with van der Waals surface area (Å²) in [6, 6.07) is 0. The van der Waals surface area contributed by atoms with Crippen LogP contribution in [0, 0.1) is 46.3 Å². The van der Waals surface area contributed by atoms with E-state index in [1.54, 1.807) is 0 Å². The molecule has 3 nitrogen and oxygen atoms in total. The number of hydrogen-bond donors (Lipinski definition) is 2. The molecule has 2 fully saturated rings. The van der Waals surface area contributed by atoms with E-state index in [9.17, 15) is 10.2 Å². The van der Waals surface area contributed by atoms with Crippen LogP contribution in [0.25, 0.3) is 0 Å². The van der Waals surface area contributed by atoms with Crippen LogP contribution in [-0.2, 0) is 4.74 Å². The molecule has 240 valence electrons. The van der Waals surface area contributed by atoms with Gasteiger partial charge in [0, 0.05) is 28.7 Å². The fourth-order valence-electron chi connectivity index (χ4n) is 7.66. The third-order valence-electron chi connectivity index (χ3n) is 10.2. The summed E-state index contributed by atoms with van der Waals surface area (Å²) in [6.45, 7) is 22.1. The molecule has 0 aromatic carbocycles. The van der Waals surface area contributed by atoms with Gasteiger partial charge in [0.05, 0.1) is 12.2 Å². The van der Waals surface area contributed by atoms with Crippen molar-refractivity contribution in [1.82, 2.24) is 0 Å². The minimum Gasteiger partial charge on any atom is -0.393 e. The van der Waals surface area contributed by atoms with Gasteiger partial charge in [0.25, 0.3) is 0 Å². The number of fused-ring (bicyclic) bond motifs is 1. The first kappa shape index (κ1) is 35.6. The highest BCUT2D eigenvalue weighted by Crippen LogP contribution is 2.66. The number of epoxide rings is 1. The first-order chi connectivity index (χ1) is 20.0. The van der Waals surface area contributed by atoms with Gasteiger partial charge >= 0.3 is 0 Å². The van der Waals surface area contributed by atoms with Crippen molar-refractivity contribution in [2.45, 2.75) is 144 Å². The summed E-state index contributed by atoms with van der Waals surface area (Å²) in [6.07, 6.45) is 25.5. The van der Waals surface area contributed by atoms with Crippen molar-refractivity contribution < 1.29 is 14.9 Å². The van der Waals surface area contributed by atoms with Gasteiger partial charge in [0.2, 0.25) is 0 Å². The molecule has 43 heavy (non-hydrogen) atoms. The molecule has 3 rings (SSSR count). The quantitative estimate of drug-likeness (QED) is 0.135. The zero-order valence-corrected chi connectivity index (χ0v) is 29.0. The van der Waals surface area contributed by atoms with E-state index in [0.717, 1.165) is 44.9 Å². The Morgan fingerprint density at radius 2 is 1.53 bits per heavy atom. The highest BCUT2D eigenvalue weighted by molar-refractivity contribution is 5.40. The molecule has 1 saturated carbocycles. The Kier molecular flexibility index (Phi) is 12.0. The van der Waals surface area contributed by atoms with Crippen molar-refractivity contribution in [2.24, 2.45) is 34.5 Å². The van der Waals surface area contributed by atoms with Crippen LogP contribution in [0.4, 0.5) is 0 Å². The number of aliphatic hydroxyl groups is 2. The maximum Gasteiger partial charge on any atom is 0.121 e. The van der Waals surface area contributed by atoms with Crippen molar-refractivity contribution in [3.8, 4) is 11.8 Å². The van der Waals surface area contributed by atoms with E-state index in [1.807, 2.05) is 0 Å². The molecule has 1 aliphatic heterocycles. The summed E-state index contributed by atoms with van der Waals surface area (Å²) in [7, 11) is 0. The van der Waals surface area contributed by atoms with Gasteiger partial charge in [-0.05, 0) is 83.5 Å². The smallest absolute Gasteiger partial charge is 0.121 e. The van der Waals surface area contributed by atoms with Gasteiger partial charge in [-0.2, -0.15) is 0 Å². The molecule has 0 spiro atoms. The Balaban J connectivity index is 1.35. The molecule has 3 heteroatoms. The lowest BCUT2D eigenvalue weighted by Gasteiger charge is -2.39. The fourth-order valence-corrected chi connectivity index (χ4v) is 7.66. The lowest BCUT2D eigenvalue weighted by Crippen LogP contribution is -2.46. The summed E-state index contributed by atoms with van der Waals surface area (Å²) in [5, 5.41) is 20.4. The van der Waals surface area contributed by atoms with E-state index in [0.29, 0.717) is 17.8 Å². The fraction of sp³-hybridized carbons (Fsp3) is 0.700. The lowest BCUT2D eigenvalue weighted by atomic mass is 9.63. The largest absolute Gasteiger partial charge is 0.393 e. The van der Waals surface area contributed by atoms with Crippen LogP contribution >= 0.6 is 0 Å². The van der Waals surface area contributed by atoms with Crippen LogP contribution in [0.15, 0.2) is 59.8 Å². The van der Waals surface area contributed by atoms with Crippen molar-refractivity contribution in [1.29, 1.82) is 0 Å². The number of ether oxygens (including phenoxy) is 1. The van der Waals surface area contributed by atoms with Crippen molar-refractivity contribution in [2.75, 3.05) is 0 Å². The molecule has 0 aromatic rings. The SMILES string of the molecule is CC1=C(C#CC(C)/C=C/CC(C)CC/C=C/C(C)/C=C/CC(C)/C=C/[C@@]23O[C@]2(C)C[C@@H](O)CC3(C)C)C(C)(C)C[C@H](O)C1. The molecular formula is C40H62O3. The van der Waals surface area contributed by atoms with E-state index in [2.05, 4.69) is 130 Å². The van der Waals surface area contributed by atoms with Crippen molar-refractivity contribution in [3.63, 3.8) is 0 Å². The van der Waals surface area contributed by atoms with E-state index in [-0.39, 0.29) is 40.2 Å². The van der Waals surface area contributed by atoms with Crippen molar-refractivity contribution in [3.05, 3.63) is 59.8 Å². The van der Waals surface area contributed by atoms with Gasteiger partial charge in [-0.3, -0.25) is 0 Å². The molecule has 0 bridgehead atoms. The Morgan fingerprint density at radius 3 is 2.21 bits per heavy atom. The highest BCUT2D eigenvalue weighted by atomic mass is 16.6. The average Bonchev–Trinajstić information content (AvgIpc) is 3.49. The maximum atomic E-state index is 10.3. The standard InChI is InChI=1S/C40H62O3/c1-29(17-13-19-31(3)21-22-36-33(5)25-34(41)26-37(36,6)7)15-11-12-16-30(2)18-14-20-32(4)23-24-40-38(8,9)27-35(42)28-39(40,10)43-40/h12-14,16,18-19,23-24,29-32,34-35,41-42H,11,15,17,20,25-28H2,1-10H3/b16-12+,18-14+,19-13+,24-23+/t29?,30?,31?,32?,34-,35+,39-,40+/m1/s1. The van der Waals surface area contributed by atoms with Gasteiger partial charge < -0.3 is 14.9 Å². The number of allylic oxidation sites excluding steroid dienone is 8. The Hall–Kier alpha value is -1.86.